The summed E-state index contributed by atoms with van der Waals surface area (Å²) in [6.07, 6.45) is 2.42. The fourth-order valence-corrected chi connectivity index (χ4v) is 4.62. The third kappa shape index (κ3) is 2.13. The highest BCUT2D eigenvalue weighted by Crippen LogP contribution is 2.30. The molecule has 19 heavy (non-hydrogen) atoms. The summed E-state index contributed by atoms with van der Waals surface area (Å²) in [6, 6.07) is 4.98. The van der Waals surface area contributed by atoms with Crippen molar-refractivity contribution in [1.82, 2.24) is 4.31 Å². The number of nitrogens with zero attached hydrogens (tertiary/aromatic N) is 1. The average Bonchev–Trinajstić information content (AvgIpc) is 3.06. The van der Waals surface area contributed by atoms with E-state index in [0.717, 1.165) is 37.1 Å². The van der Waals surface area contributed by atoms with Gasteiger partial charge in [-0.15, -0.1) is 0 Å². The van der Waals surface area contributed by atoms with E-state index in [-0.39, 0.29) is 12.6 Å². The van der Waals surface area contributed by atoms with Crippen molar-refractivity contribution < 1.29 is 13.5 Å². The van der Waals surface area contributed by atoms with Gasteiger partial charge in [-0.25, -0.2) is 8.42 Å². The summed E-state index contributed by atoms with van der Waals surface area (Å²) in [5, 5.41) is 12.5. The van der Waals surface area contributed by atoms with Crippen molar-refractivity contribution in [3.05, 3.63) is 23.8 Å². The van der Waals surface area contributed by atoms with Crippen molar-refractivity contribution in [2.45, 2.75) is 30.2 Å². The lowest BCUT2D eigenvalue weighted by Crippen LogP contribution is -2.37. The Morgan fingerprint density at radius 1 is 1.42 bits per heavy atom. The molecule has 1 atom stereocenters. The highest BCUT2D eigenvalue weighted by atomic mass is 32.2. The summed E-state index contributed by atoms with van der Waals surface area (Å²) >= 11 is 0. The highest BCUT2D eigenvalue weighted by molar-refractivity contribution is 7.89. The van der Waals surface area contributed by atoms with Gasteiger partial charge in [0.1, 0.15) is 0 Å². The average molecular weight is 282 g/mol. The summed E-state index contributed by atoms with van der Waals surface area (Å²) in [6.45, 7) is 1.26. The molecule has 1 fully saturated rings. The molecule has 2 heterocycles. The van der Waals surface area contributed by atoms with Crippen LogP contribution < -0.4 is 5.32 Å². The first kappa shape index (κ1) is 12.9. The van der Waals surface area contributed by atoms with Crippen molar-refractivity contribution in [1.29, 1.82) is 0 Å². The van der Waals surface area contributed by atoms with E-state index in [4.69, 9.17) is 0 Å². The van der Waals surface area contributed by atoms with Crippen LogP contribution in [0.3, 0.4) is 0 Å². The number of fused-ring (bicyclic) bond motifs is 1. The molecule has 1 unspecified atom stereocenters. The zero-order valence-corrected chi connectivity index (χ0v) is 11.5. The van der Waals surface area contributed by atoms with Gasteiger partial charge in [-0.3, -0.25) is 0 Å². The van der Waals surface area contributed by atoms with Gasteiger partial charge in [0, 0.05) is 24.8 Å². The summed E-state index contributed by atoms with van der Waals surface area (Å²) in [5.41, 5.74) is 2.08. The zero-order valence-electron chi connectivity index (χ0n) is 10.7. The van der Waals surface area contributed by atoms with E-state index in [9.17, 15) is 13.5 Å². The second-order valence-corrected chi connectivity index (χ2v) is 6.98. The molecule has 3 rings (SSSR count). The topological polar surface area (TPSA) is 69.6 Å². The fourth-order valence-electron chi connectivity index (χ4n) is 2.89. The second kappa shape index (κ2) is 4.77. The first-order valence-corrected chi connectivity index (χ1v) is 8.06. The lowest BCUT2D eigenvalue weighted by atomic mass is 10.2. The van der Waals surface area contributed by atoms with Crippen LogP contribution in [0.4, 0.5) is 5.69 Å². The van der Waals surface area contributed by atoms with Gasteiger partial charge < -0.3 is 10.4 Å². The van der Waals surface area contributed by atoms with Gasteiger partial charge in [0.2, 0.25) is 10.0 Å². The molecule has 0 aromatic heterocycles. The van der Waals surface area contributed by atoms with Crippen molar-refractivity contribution in [3.63, 3.8) is 0 Å². The van der Waals surface area contributed by atoms with Gasteiger partial charge >= 0.3 is 0 Å². The lowest BCUT2D eigenvalue weighted by molar-refractivity contribution is 0.213. The van der Waals surface area contributed by atoms with E-state index >= 15 is 0 Å². The number of anilines is 1. The van der Waals surface area contributed by atoms with E-state index in [2.05, 4.69) is 5.32 Å². The number of aliphatic hydroxyl groups excluding tert-OH is 1. The zero-order chi connectivity index (χ0) is 13.5. The predicted molar refractivity (Wildman–Crippen MR) is 72.6 cm³/mol. The molecule has 0 bridgehead atoms. The minimum atomic E-state index is -3.48. The number of rotatable bonds is 3. The maximum absolute atomic E-state index is 12.6. The van der Waals surface area contributed by atoms with E-state index in [1.807, 2.05) is 6.07 Å². The molecular weight excluding hydrogens is 264 g/mol. The van der Waals surface area contributed by atoms with E-state index < -0.39 is 10.0 Å². The Morgan fingerprint density at radius 2 is 2.26 bits per heavy atom. The molecule has 2 N–H and O–H groups in total. The minimum absolute atomic E-state index is 0.105. The summed E-state index contributed by atoms with van der Waals surface area (Å²) < 4.78 is 26.6. The highest BCUT2D eigenvalue weighted by Gasteiger charge is 2.35. The Balaban J connectivity index is 1.96. The van der Waals surface area contributed by atoms with Gasteiger partial charge in [-0.2, -0.15) is 4.31 Å². The molecule has 5 nitrogen and oxygen atoms in total. The Kier molecular flexibility index (Phi) is 3.24. The normalized spacial score (nSPS) is 23.3. The third-order valence-electron chi connectivity index (χ3n) is 3.93. The van der Waals surface area contributed by atoms with Crippen LogP contribution in [0.2, 0.25) is 0 Å². The second-order valence-electron chi connectivity index (χ2n) is 5.09. The van der Waals surface area contributed by atoms with Crippen LogP contribution >= 0.6 is 0 Å². The number of benzene rings is 1. The Bertz CT molecular complexity index is 586. The van der Waals surface area contributed by atoms with E-state index in [0.29, 0.717) is 11.4 Å². The molecule has 104 valence electrons. The van der Waals surface area contributed by atoms with Crippen LogP contribution in [0.15, 0.2) is 23.1 Å². The number of nitrogens with one attached hydrogen (secondary N) is 1. The van der Waals surface area contributed by atoms with Crippen molar-refractivity contribution >= 4 is 15.7 Å². The molecule has 0 aliphatic carbocycles. The van der Waals surface area contributed by atoms with Crippen molar-refractivity contribution in [2.24, 2.45) is 0 Å². The van der Waals surface area contributed by atoms with Gasteiger partial charge in [0.25, 0.3) is 0 Å². The molecule has 2 aliphatic heterocycles. The molecule has 6 heteroatoms. The SMILES string of the molecule is O=S(=O)(c1ccc2c(c1)CCN2)N1CCCC1CO. The summed E-state index contributed by atoms with van der Waals surface area (Å²) in [4.78, 5) is 0.343. The molecule has 2 aliphatic rings. The molecular formula is C13H18N2O3S. The number of aliphatic hydroxyl groups is 1. The van der Waals surface area contributed by atoms with Crippen LogP contribution in [0.25, 0.3) is 0 Å². The quantitative estimate of drug-likeness (QED) is 0.860. The number of hydrogen-bond donors (Lipinski definition) is 2. The number of hydrogen-bond acceptors (Lipinski definition) is 4. The van der Waals surface area contributed by atoms with Gasteiger partial charge in [-0.1, -0.05) is 0 Å². The predicted octanol–water partition coefficient (Wildman–Crippen LogP) is 0.800. The Hall–Kier alpha value is -1.11. The maximum atomic E-state index is 12.6. The molecule has 0 saturated carbocycles. The molecule has 1 saturated heterocycles. The van der Waals surface area contributed by atoms with Gasteiger partial charge in [0.15, 0.2) is 0 Å². The standard InChI is InChI=1S/C13H18N2O3S/c16-9-11-2-1-7-15(11)19(17,18)12-3-4-13-10(8-12)5-6-14-13/h3-4,8,11,14,16H,1-2,5-7,9H2. The van der Waals surface area contributed by atoms with Crippen LogP contribution in [0, 0.1) is 0 Å². The van der Waals surface area contributed by atoms with E-state index in [1.165, 1.54) is 4.31 Å². The molecule has 0 spiro atoms. The van der Waals surface area contributed by atoms with Gasteiger partial charge in [-0.05, 0) is 43.0 Å². The molecule has 1 aromatic carbocycles. The maximum Gasteiger partial charge on any atom is 0.243 e. The lowest BCUT2D eigenvalue weighted by Gasteiger charge is -2.22. The Morgan fingerprint density at radius 3 is 3.05 bits per heavy atom. The first-order valence-electron chi connectivity index (χ1n) is 6.62. The number of sulfonamides is 1. The third-order valence-corrected chi connectivity index (χ3v) is 5.87. The fraction of sp³-hybridized carbons (Fsp3) is 0.538. The summed E-state index contributed by atoms with van der Waals surface area (Å²) in [5.74, 6) is 0. The molecule has 0 amide bonds. The van der Waals surface area contributed by atoms with Crippen LogP contribution in [-0.2, 0) is 16.4 Å². The van der Waals surface area contributed by atoms with Crippen LogP contribution in [0.5, 0.6) is 0 Å². The molecule has 0 radical (unpaired) electrons. The van der Waals surface area contributed by atoms with Crippen molar-refractivity contribution in [3.8, 4) is 0 Å². The van der Waals surface area contributed by atoms with Gasteiger partial charge in [0.05, 0.1) is 11.5 Å². The van der Waals surface area contributed by atoms with E-state index in [1.54, 1.807) is 12.1 Å². The summed E-state index contributed by atoms with van der Waals surface area (Å²) in [7, 11) is -3.48. The Labute approximate surface area is 113 Å². The largest absolute Gasteiger partial charge is 0.395 e. The van der Waals surface area contributed by atoms with Crippen LogP contribution in [0.1, 0.15) is 18.4 Å². The monoisotopic (exact) mass is 282 g/mol. The van der Waals surface area contributed by atoms with Crippen LogP contribution in [-0.4, -0.2) is 43.6 Å². The molecule has 1 aromatic rings. The minimum Gasteiger partial charge on any atom is -0.395 e. The smallest absolute Gasteiger partial charge is 0.243 e. The van der Waals surface area contributed by atoms with Crippen molar-refractivity contribution in [2.75, 3.05) is 25.0 Å². The first-order chi connectivity index (χ1) is 9.13.